The average Bonchev–Trinajstić information content (AvgIpc) is 2.47. The summed E-state index contributed by atoms with van der Waals surface area (Å²) in [6.45, 7) is 5.45. The second-order valence-corrected chi connectivity index (χ2v) is 5.51. The number of nitrogens with zero attached hydrogens (tertiary/aromatic N) is 1. The highest BCUT2D eigenvalue weighted by Crippen LogP contribution is 2.28. The molecule has 0 amide bonds. The summed E-state index contributed by atoms with van der Waals surface area (Å²) in [4.78, 5) is 2.39. The predicted octanol–water partition coefficient (Wildman–Crippen LogP) is 3.29. The van der Waals surface area contributed by atoms with Crippen LogP contribution in [0.5, 0.6) is 0 Å². The molecule has 2 rings (SSSR count). The summed E-state index contributed by atoms with van der Waals surface area (Å²) in [7, 11) is 0. The van der Waals surface area contributed by atoms with Gasteiger partial charge in [-0.15, -0.1) is 0 Å². The van der Waals surface area contributed by atoms with Gasteiger partial charge in [-0.3, -0.25) is 0 Å². The van der Waals surface area contributed by atoms with Gasteiger partial charge in [0.2, 0.25) is 0 Å². The first-order valence-electron chi connectivity index (χ1n) is 5.60. The number of anilines is 1. The summed E-state index contributed by atoms with van der Waals surface area (Å²) in [5, 5.41) is 4.27. The van der Waals surface area contributed by atoms with Crippen LogP contribution in [0.25, 0.3) is 0 Å². The molecule has 1 fully saturated rings. The number of benzene rings is 1. The second-order valence-electron chi connectivity index (χ2n) is 4.25. The molecule has 1 N–H and O–H groups in total. The maximum absolute atomic E-state index is 6.12. The second kappa shape index (κ2) is 5.39. The van der Waals surface area contributed by atoms with E-state index in [0.29, 0.717) is 6.04 Å². The molecule has 2 nitrogen and oxygen atoms in total. The van der Waals surface area contributed by atoms with E-state index in [0.717, 1.165) is 29.1 Å². The van der Waals surface area contributed by atoms with E-state index in [1.165, 1.54) is 12.1 Å². The molecule has 1 aromatic carbocycles. The Bertz CT molecular complexity index is 370. The maximum atomic E-state index is 6.12. The van der Waals surface area contributed by atoms with Gasteiger partial charge in [0.1, 0.15) is 0 Å². The summed E-state index contributed by atoms with van der Waals surface area (Å²) in [6, 6.07) is 6.70. The summed E-state index contributed by atoms with van der Waals surface area (Å²) in [6.07, 6.45) is 1.18. The van der Waals surface area contributed by atoms with Crippen molar-refractivity contribution < 1.29 is 0 Å². The van der Waals surface area contributed by atoms with Crippen LogP contribution < -0.4 is 10.2 Å². The molecule has 1 aromatic rings. The van der Waals surface area contributed by atoms with Crippen molar-refractivity contribution in [2.24, 2.45) is 0 Å². The molecule has 88 valence electrons. The van der Waals surface area contributed by atoms with Gasteiger partial charge in [0, 0.05) is 29.3 Å². The number of rotatable bonds is 1. The highest BCUT2D eigenvalue weighted by Gasteiger charge is 2.14. The van der Waals surface area contributed by atoms with Crippen molar-refractivity contribution in [1.82, 2.24) is 5.32 Å². The van der Waals surface area contributed by atoms with Gasteiger partial charge in [0.15, 0.2) is 0 Å². The molecular weight excluding hydrogens is 288 g/mol. The van der Waals surface area contributed by atoms with Gasteiger partial charge in [-0.1, -0.05) is 11.6 Å². The van der Waals surface area contributed by atoms with Crippen molar-refractivity contribution in [2.75, 3.05) is 24.5 Å². The maximum Gasteiger partial charge on any atom is 0.0568 e. The normalized spacial score (nSPS) is 21.9. The van der Waals surface area contributed by atoms with Gasteiger partial charge in [0.25, 0.3) is 0 Å². The minimum atomic E-state index is 0.532. The molecular formula is C12H16BrClN2. The Morgan fingerprint density at radius 1 is 1.50 bits per heavy atom. The van der Waals surface area contributed by atoms with E-state index in [1.807, 2.05) is 12.1 Å². The highest BCUT2D eigenvalue weighted by molar-refractivity contribution is 9.10. The zero-order valence-electron chi connectivity index (χ0n) is 9.34. The Kier molecular flexibility index (Phi) is 4.11. The molecule has 0 radical (unpaired) electrons. The van der Waals surface area contributed by atoms with Crippen LogP contribution in [0.4, 0.5) is 5.69 Å². The third kappa shape index (κ3) is 2.90. The minimum Gasteiger partial charge on any atom is -0.370 e. The lowest BCUT2D eigenvalue weighted by atomic mass is 10.2. The smallest absolute Gasteiger partial charge is 0.0568 e. The molecule has 0 aromatic heterocycles. The van der Waals surface area contributed by atoms with Crippen molar-refractivity contribution in [1.29, 1.82) is 0 Å². The molecule has 4 heteroatoms. The van der Waals surface area contributed by atoms with Crippen LogP contribution in [0.3, 0.4) is 0 Å². The van der Waals surface area contributed by atoms with Crippen LogP contribution in [-0.4, -0.2) is 25.7 Å². The summed E-state index contributed by atoms with van der Waals surface area (Å²) < 4.78 is 0.957. The molecule has 16 heavy (non-hydrogen) atoms. The van der Waals surface area contributed by atoms with Crippen LogP contribution in [0.2, 0.25) is 5.02 Å². The molecule has 1 unspecified atom stereocenters. The van der Waals surface area contributed by atoms with Crippen LogP contribution >= 0.6 is 27.5 Å². The lowest BCUT2D eigenvalue weighted by Gasteiger charge is -2.25. The Morgan fingerprint density at radius 3 is 3.06 bits per heavy atom. The topological polar surface area (TPSA) is 15.3 Å². The monoisotopic (exact) mass is 302 g/mol. The molecule has 0 aliphatic carbocycles. The summed E-state index contributed by atoms with van der Waals surface area (Å²) in [5.41, 5.74) is 1.21. The van der Waals surface area contributed by atoms with E-state index in [4.69, 9.17) is 11.6 Å². The van der Waals surface area contributed by atoms with Crippen molar-refractivity contribution in [3.05, 3.63) is 27.7 Å². The van der Waals surface area contributed by atoms with Gasteiger partial charge >= 0.3 is 0 Å². The minimum absolute atomic E-state index is 0.532. The van der Waals surface area contributed by atoms with E-state index in [1.54, 1.807) is 0 Å². The Morgan fingerprint density at radius 2 is 2.31 bits per heavy atom. The SMILES string of the molecule is CC1CN(c2ccc(Br)c(Cl)c2)CCCN1. The van der Waals surface area contributed by atoms with Gasteiger partial charge in [-0.25, -0.2) is 0 Å². The van der Waals surface area contributed by atoms with Crippen LogP contribution in [0.15, 0.2) is 22.7 Å². The standard InChI is InChI=1S/C12H16BrClN2/c1-9-8-16(6-2-5-15-9)10-3-4-11(13)12(14)7-10/h3-4,7,9,15H,2,5-6,8H2,1H3. The van der Waals surface area contributed by atoms with Gasteiger partial charge in [0.05, 0.1) is 5.02 Å². The third-order valence-corrected chi connectivity index (χ3v) is 4.09. The number of hydrogen-bond donors (Lipinski definition) is 1. The fraction of sp³-hybridized carbons (Fsp3) is 0.500. The molecule has 1 atom stereocenters. The van der Waals surface area contributed by atoms with E-state index >= 15 is 0 Å². The quantitative estimate of drug-likeness (QED) is 0.856. The Labute approximate surface area is 110 Å². The van der Waals surface area contributed by atoms with Crippen molar-refractivity contribution in [3.8, 4) is 0 Å². The van der Waals surface area contributed by atoms with Gasteiger partial charge in [-0.2, -0.15) is 0 Å². The van der Waals surface area contributed by atoms with Crippen molar-refractivity contribution in [2.45, 2.75) is 19.4 Å². The van der Waals surface area contributed by atoms with Crippen LogP contribution in [0, 0.1) is 0 Å². The molecule has 0 spiro atoms. The molecule has 1 aliphatic heterocycles. The lowest BCUT2D eigenvalue weighted by Crippen LogP contribution is -2.35. The van der Waals surface area contributed by atoms with Crippen LogP contribution in [-0.2, 0) is 0 Å². The Hall–Kier alpha value is -0.250. The van der Waals surface area contributed by atoms with E-state index in [2.05, 4.69) is 39.1 Å². The first-order chi connectivity index (χ1) is 7.66. The highest BCUT2D eigenvalue weighted by atomic mass is 79.9. The van der Waals surface area contributed by atoms with Crippen molar-refractivity contribution >= 4 is 33.2 Å². The summed E-state index contributed by atoms with van der Waals surface area (Å²) in [5.74, 6) is 0. The largest absolute Gasteiger partial charge is 0.370 e. The lowest BCUT2D eigenvalue weighted by molar-refractivity contribution is 0.585. The predicted molar refractivity (Wildman–Crippen MR) is 73.4 cm³/mol. The van der Waals surface area contributed by atoms with E-state index < -0.39 is 0 Å². The number of hydrogen-bond acceptors (Lipinski definition) is 2. The molecule has 1 aliphatic rings. The zero-order chi connectivity index (χ0) is 11.5. The molecule has 1 heterocycles. The first kappa shape index (κ1) is 12.2. The average molecular weight is 304 g/mol. The van der Waals surface area contributed by atoms with Crippen LogP contribution in [0.1, 0.15) is 13.3 Å². The number of halogens is 2. The van der Waals surface area contributed by atoms with Gasteiger partial charge in [-0.05, 0) is 54.0 Å². The van der Waals surface area contributed by atoms with E-state index in [9.17, 15) is 0 Å². The first-order valence-corrected chi connectivity index (χ1v) is 6.77. The fourth-order valence-electron chi connectivity index (χ4n) is 2.02. The molecule has 0 bridgehead atoms. The number of nitrogens with one attached hydrogen (secondary N) is 1. The summed E-state index contributed by atoms with van der Waals surface area (Å²) >= 11 is 9.54. The van der Waals surface area contributed by atoms with Gasteiger partial charge < -0.3 is 10.2 Å². The molecule has 1 saturated heterocycles. The Balaban J connectivity index is 2.18. The van der Waals surface area contributed by atoms with E-state index in [-0.39, 0.29) is 0 Å². The third-order valence-electron chi connectivity index (χ3n) is 2.86. The fourth-order valence-corrected chi connectivity index (χ4v) is 2.44. The molecule has 0 saturated carbocycles. The van der Waals surface area contributed by atoms with Crippen molar-refractivity contribution in [3.63, 3.8) is 0 Å². The zero-order valence-corrected chi connectivity index (χ0v) is 11.7.